The first-order valence-corrected chi connectivity index (χ1v) is 6.35. The number of nitrogen functional groups attached to an aromatic ring is 1. The number of nitrogens with two attached hydrogens (primary N) is 1. The lowest BCUT2D eigenvalue weighted by Gasteiger charge is -2.12. The quantitative estimate of drug-likeness (QED) is 0.869. The molecule has 0 radical (unpaired) electrons. The average molecular weight is 285 g/mol. The number of carbonyl (C=O) groups excluding carboxylic acids is 1. The summed E-state index contributed by atoms with van der Waals surface area (Å²) in [7, 11) is 1.53. The minimum absolute atomic E-state index is 0.0989. The van der Waals surface area contributed by atoms with E-state index in [9.17, 15) is 4.79 Å². The molecule has 0 unspecified atom stereocenters. The third-order valence-corrected chi connectivity index (χ3v) is 2.98. The standard InChI is InChI=1S/C15H15N3O3/c1-3-21-15(19)14-13(17)10(8-16)9-18(14)11-6-4-5-7-12(11)20-2/h4-7,9H,3,17H2,1-2H3. The minimum atomic E-state index is -0.581. The molecule has 0 spiro atoms. The van der Waals surface area contributed by atoms with Crippen molar-refractivity contribution in [2.75, 3.05) is 19.5 Å². The molecule has 0 amide bonds. The molecule has 2 aromatic rings. The van der Waals surface area contributed by atoms with E-state index < -0.39 is 5.97 Å². The van der Waals surface area contributed by atoms with Crippen molar-refractivity contribution < 1.29 is 14.3 Å². The third kappa shape index (κ3) is 2.54. The van der Waals surface area contributed by atoms with Crippen LogP contribution in [0.25, 0.3) is 5.69 Å². The maximum Gasteiger partial charge on any atom is 0.357 e. The van der Waals surface area contributed by atoms with Gasteiger partial charge < -0.3 is 19.8 Å². The van der Waals surface area contributed by atoms with E-state index in [0.29, 0.717) is 11.4 Å². The van der Waals surface area contributed by atoms with Crippen molar-refractivity contribution in [3.8, 4) is 17.5 Å². The van der Waals surface area contributed by atoms with E-state index in [2.05, 4.69) is 0 Å². The van der Waals surface area contributed by atoms with E-state index in [1.54, 1.807) is 25.1 Å². The van der Waals surface area contributed by atoms with Crippen LogP contribution in [-0.2, 0) is 4.74 Å². The molecule has 108 valence electrons. The Hall–Kier alpha value is -2.94. The fourth-order valence-electron chi connectivity index (χ4n) is 2.04. The molecule has 0 atom stereocenters. The molecule has 1 aromatic heterocycles. The lowest BCUT2D eigenvalue weighted by atomic mass is 10.2. The number of para-hydroxylation sites is 2. The molecule has 1 heterocycles. The number of hydrogen-bond donors (Lipinski definition) is 1. The lowest BCUT2D eigenvalue weighted by molar-refractivity contribution is 0.0518. The fourth-order valence-corrected chi connectivity index (χ4v) is 2.04. The van der Waals surface area contributed by atoms with Crippen LogP contribution in [0.4, 0.5) is 5.69 Å². The Balaban J connectivity index is 2.68. The van der Waals surface area contributed by atoms with Gasteiger partial charge in [0, 0.05) is 6.20 Å². The van der Waals surface area contributed by atoms with Gasteiger partial charge in [0.05, 0.1) is 30.7 Å². The molecule has 0 aliphatic heterocycles. The molecule has 0 aliphatic rings. The number of nitrogens with zero attached hydrogens (tertiary/aromatic N) is 2. The van der Waals surface area contributed by atoms with Gasteiger partial charge >= 0.3 is 5.97 Å². The summed E-state index contributed by atoms with van der Waals surface area (Å²) in [4.78, 5) is 12.1. The number of carbonyl (C=O) groups is 1. The number of esters is 1. The average Bonchev–Trinajstić information content (AvgIpc) is 2.84. The van der Waals surface area contributed by atoms with Crippen LogP contribution in [0.2, 0.25) is 0 Å². The second kappa shape index (κ2) is 6.01. The number of benzene rings is 1. The van der Waals surface area contributed by atoms with Crippen molar-refractivity contribution in [1.82, 2.24) is 4.57 Å². The first kappa shape index (κ1) is 14.5. The van der Waals surface area contributed by atoms with Crippen LogP contribution < -0.4 is 10.5 Å². The molecule has 0 fully saturated rings. The van der Waals surface area contributed by atoms with E-state index in [1.807, 2.05) is 12.1 Å². The Kier molecular flexibility index (Phi) is 4.14. The zero-order chi connectivity index (χ0) is 15.4. The van der Waals surface area contributed by atoms with E-state index in [1.165, 1.54) is 17.9 Å². The zero-order valence-electron chi connectivity index (χ0n) is 11.8. The van der Waals surface area contributed by atoms with Crippen LogP contribution in [-0.4, -0.2) is 24.3 Å². The van der Waals surface area contributed by atoms with Crippen LogP contribution >= 0.6 is 0 Å². The summed E-state index contributed by atoms with van der Waals surface area (Å²) >= 11 is 0. The predicted molar refractivity (Wildman–Crippen MR) is 77.4 cm³/mol. The van der Waals surface area contributed by atoms with Gasteiger partial charge in [0.25, 0.3) is 0 Å². The molecule has 6 nitrogen and oxygen atoms in total. The second-order valence-electron chi connectivity index (χ2n) is 4.18. The lowest BCUT2D eigenvalue weighted by Crippen LogP contribution is -2.13. The number of ether oxygens (including phenoxy) is 2. The Morgan fingerprint density at radius 1 is 1.43 bits per heavy atom. The molecule has 0 bridgehead atoms. The topological polar surface area (TPSA) is 90.3 Å². The van der Waals surface area contributed by atoms with Crippen molar-refractivity contribution >= 4 is 11.7 Å². The molecule has 0 saturated carbocycles. The van der Waals surface area contributed by atoms with Gasteiger partial charge in [-0.25, -0.2) is 4.79 Å². The molecule has 2 N–H and O–H groups in total. The highest BCUT2D eigenvalue weighted by Crippen LogP contribution is 2.29. The summed E-state index contributed by atoms with van der Waals surface area (Å²) in [5.74, 6) is -0.0232. The highest BCUT2D eigenvalue weighted by molar-refractivity contribution is 5.96. The van der Waals surface area contributed by atoms with Gasteiger partial charge in [-0.15, -0.1) is 0 Å². The number of aromatic nitrogens is 1. The predicted octanol–water partition coefficient (Wildman–Crippen LogP) is 2.12. The van der Waals surface area contributed by atoms with Crippen molar-refractivity contribution in [3.63, 3.8) is 0 Å². The first-order valence-electron chi connectivity index (χ1n) is 6.35. The Bertz CT molecular complexity index is 713. The summed E-state index contributed by atoms with van der Waals surface area (Å²) in [6, 6.07) is 9.10. The van der Waals surface area contributed by atoms with E-state index in [4.69, 9.17) is 20.5 Å². The van der Waals surface area contributed by atoms with Gasteiger partial charge in [-0.2, -0.15) is 5.26 Å². The molecule has 0 saturated heterocycles. The molecule has 6 heteroatoms. The fraction of sp³-hybridized carbons (Fsp3) is 0.200. The molecule has 1 aromatic carbocycles. The number of rotatable bonds is 4. The molecule has 0 aliphatic carbocycles. The van der Waals surface area contributed by atoms with Gasteiger partial charge in [0.15, 0.2) is 5.69 Å². The van der Waals surface area contributed by atoms with Crippen LogP contribution in [0.5, 0.6) is 5.75 Å². The summed E-state index contributed by atoms with van der Waals surface area (Å²) < 4.78 is 11.8. The second-order valence-corrected chi connectivity index (χ2v) is 4.18. The summed E-state index contributed by atoms with van der Waals surface area (Å²) in [5.41, 5.74) is 6.93. The number of hydrogen-bond acceptors (Lipinski definition) is 5. The highest BCUT2D eigenvalue weighted by Gasteiger charge is 2.23. The van der Waals surface area contributed by atoms with E-state index in [-0.39, 0.29) is 23.6 Å². The summed E-state index contributed by atoms with van der Waals surface area (Å²) in [6.07, 6.45) is 1.50. The van der Waals surface area contributed by atoms with Gasteiger partial charge in [-0.3, -0.25) is 0 Å². The summed E-state index contributed by atoms with van der Waals surface area (Å²) in [5, 5.41) is 9.11. The molecular formula is C15H15N3O3. The smallest absolute Gasteiger partial charge is 0.357 e. The normalized spacial score (nSPS) is 9.95. The Labute approximate surface area is 122 Å². The molecular weight excluding hydrogens is 270 g/mol. The monoisotopic (exact) mass is 285 g/mol. The van der Waals surface area contributed by atoms with Crippen molar-refractivity contribution in [2.45, 2.75) is 6.92 Å². The van der Waals surface area contributed by atoms with Gasteiger partial charge in [0.2, 0.25) is 0 Å². The van der Waals surface area contributed by atoms with Crippen LogP contribution in [0, 0.1) is 11.3 Å². The Morgan fingerprint density at radius 3 is 2.76 bits per heavy atom. The third-order valence-electron chi connectivity index (χ3n) is 2.98. The van der Waals surface area contributed by atoms with Crippen LogP contribution in [0.3, 0.4) is 0 Å². The number of nitriles is 1. The SMILES string of the molecule is CCOC(=O)c1c(N)c(C#N)cn1-c1ccccc1OC. The van der Waals surface area contributed by atoms with E-state index in [0.717, 1.165) is 0 Å². The van der Waals surface area contributed by atoms with Crippen LogP contribution in [0.1, 0.15) is 23.0 Å². The molecule has 21 heavy (non-hydrogen) atoms. The summed E-state index contributed by atoms with van der Waals surface area (Å²) in [6.45, 7) is 1.92. The van der Waals surface area contributed by atoms with Crippen LogP contribution in [0.15, 0.2) is 30.5 Å². The zero-order valence-corrected chi connectivity index (χ0v) is 11.8. The highest BCUT2D eigenvalue weighted by atomic mass is 16.5. The largest absolute Gasteiger partial charge is 0.495 e. The maximum absolute atomic E-state index is 12.1. The van der Waals surface area contributed by atoms with Gasteiger partial charge in [-0.1, -0.05) is 12.1 Å². The maximum atomic E-state index is 12.1. The molecule has 2 rings (SSSR count). The van der Waals surface area contributed by atoms with Crippen molar-refractivity contribution in [1.29, 1.82) is 5.26 Å². The van der Waals surface area contributed by atoms with Crippen molar-refractivity contribution in [3.05, 3.63) is 41.7 Å². The first-order chi connectivity index (χ1) is 10.1. The number of anilines is 1. The van der Waals surface area contributed by atoms with Crippen molar-refractivity contribution in [2.24, 2.45) is 0 Å². The minimum Gasteiger partial charge on any atom is -0.495 e. The number of methoxy groups -OCH3 is 1. The Morgan fingerprint density at radius 2 is 2.14 bits per heavy atom. The van der Waals surface area contributed by atoms with Gasteiger partial charge in [0.1, 0.15) is 11.8 Å². The van der Waals surface area contributed by atoms with Gasteiger partial charge in [-0.05, 0) is 19.1 Å². The van der Waals surface area contributed by atoms with E-state index >= 15 is 0 Å².